The number of ether oxygens (including phenoxy) is 2. The van der Waals surface area contributed by atoms with Crippen LogP contribution in [0.1, 0.15) is 71.1 Å². The molecule has 0 bridgehead atoms. The highest BCUT2D eigenvalue weighted by Crippen LogP contribution is 2.36. The first-order valence-electron chi connectivity index (χ1n) is 11.2. The van der Waals surface area contributed by atoms with E-state index < -0.39 is 17.8 Å². The highest BCUT2D eigenvalue weighted by molar-refractivity contribution is 6.34. The molecule has 0 aromatic heterocycles. The Morgan fingerprint density at radius 2 is 1.69 bits per heavy atom. The zero-order valence-electron chi connectivity index (χ0n) is 19.0. The molecule has 0 saturated heterocycles. The summed E-state index contributed by atoms with van der Waals surface area (Å²) in [6, 6.07) is 11.3. The molecule has 1 fully saturated rings. The Balaban J connectivity index is 1.56. The number of hydrogen-bond donors (Lipinski definition) is 0. The van der Waals surface area contributed by atoms with Crippen molar-refractivity contribution >= 4 is 23.5 Å². The molecule has 2 aliphatic rings. The maximum absolute atomic E-state index is 13.0. The van der Waals surface area contributed by atoms with Crippen molar-refractivity contribution in [3.05, 3.63) is 59.2 Å². The Morgan fingerprint density at radius 3 is 2.34 bits per heavy atom. The number of carbonyl (C=O) groups excluding carboxylic acids is 3. The zero-order chi connectivity index (χ0) is 23.0. The number of carbonyl (C=O) groups is 3. The molecule has 1 saturated carbocycles. The largest absolute Gasteiger partial charge is 0.497 e. The Hall–Kier alpha value is -3.15. The number of hydrogen-bond acceptors (Lipinski definition) is 5. The molecule has 1 aliphatic heterocycles. The fraction of sp³-hybridized carbons (Fsp3) is 0.423. The molecule has 2 aromatic rings. The molecule has 6 heteroatoms. The lowest BCUT2D eigenvalue weighted by molar-refractivity contribution is -0.0174. The molecule has 0 unspecified atom stereocenters. The second kappa shape index (κ2) is 8.77. The summed E-state index contributed by atoms with van der Waals surface area (Å²) in [4.78, 5) is 40.0. The monoisotopic (exact) mass is 435 g/mol. The summed E-state index contributed by atoms with van der Waals surface area (Å²) in [5, 5.41) is 0. The van der Waals surface area contributed by atoms with Gasteiger partial charge < -0.3 is 9.47 Å². The first kappa shape index (κ1) is 22.1. The Labute approximate surface area is 188 Å². The molecule has 3 atom stereocenters. The van der Waals surface area contributed by atoms with Gasteiger partial charge in [-0.25, -0.2) is 9.69 Å². The fourth-order valence-electron chi connectivity index (χ4n) is 4.79. The summed E-state index contributed by atoms with van der Waals surface area (Å²) in [5.41, 5.74) is 1.26. The number of methoxy groups -OCH3 is 1. The van der Waals surface area contributed by atoms with Crippen LogP contribution in [0.4, 0.5) is 5.69 Å². The summed E-state index contributed by atoms with van der Waals surface area (Å²) in [6.07, 6.45) is 2.91. The van der Waals surface area contributed by atoms with Gasteiger partial charge in [0.25, 0.3) is 11.8 Å². The van der Waals surface area contributed by atoms with Crippen LogP contribution in [0.2, 0.25) is 0 Å². The van der Waals surface area contributed by atoms with Gasteiger partial charge in [0.05, 0.1) is 29.5 Å². The number of amides is 2. The predicted octanol–water partition coefficient (Wildman–Crippen LogP) is 5.11. The van der Waals surface area contributed by atoms with Crippen LogP contribution in [-0.4, -0.2) is 31.0 Å². The summed E-state index contributed by atoms with van der Waals surface area (Å²) >= 11 is 0. The van der Waals surface area contributed by atoms with Gasteiger partial charge in [-0.05, 0) is 73.1 Å². The van der Waals surface area contributed by atoms with E-state index in [0.717, 1.165) is 24.2 Å². The first-order valence-corrected chi connectivity index (χ1v) is 11.2. The van der Waals surface area contributed by atoms with Gasteiger partial charge >= 0.3 is 5.97 Å². The highest BCUT2D eigenvalue weighted by atomic mass is 16.5. The number of benzene rings is 2. The average Bonchev–Trinajstić information content (AvgIpc) is 3.03. The lowest BCUT2D eigenvalue weighted by Gasteiger charge is -2.36. The van der Waals surface area contributed by atoms with Crippen molar-refractivity contribution < 1.29 is 23.9 Å². The van der Waals surface area contributed by atoms with Gasteiger partial charge in [0, 0.05) is 0 Å². The van der Waals surface area contributed by atoms with Gasteiger partial charge in [-0.2, -0.15) is 0 Å². The number of nitrogens with zero attached hydrogens (tertiary/aromatic N) is 1. The van der Waals surface area contributed by atoms with Crippen LogP contribution in [-0.2, 0) is 4.74 Å². The van der Waals surface area contributed by atoms with E-state index in [-0.39, 0.29) is 17.2 Å². The number of anilines is 1. The molecule has 1 aliphatic carbocycles. The Morgan fingerprint density at radius 1 is 1.00 bits per heavy atom. The molecule has 168 valence electrons. The third kappa shape index (κ3) is 4.01. The van der Waals surface area contributed by atoms with Gasteiger partial charge in [0.2, 0.25) is 0 Å². The molecule has 6 nitrogen and oxygen atoms in total. The van der Waals surface area contributed by atoms with Crippen LogP contribution in [0.5, 0.6) is 5.75 Å². The molecular formula is C26H29NO5. The van der Waals surface area contributed by atoms with Gasteiger partial charge in [-0.15, -0.1) is 0 Å². The van der Waals surface area contributed by atoms with Crippen molar-refractivity contribution in [1.82, 2.24) is 0 Å². The Kier molecular flexibility index (Phi) is 6.04. The molecular weight excluding hydrogens is 406 g/mol. The molecule has 0 radical (unpaired) electrons. The van der Waals surface area contributed by atoms with E-state index in [1.165, 1.54) is 6.07 Å². The normalized spacial score (nSPS) is 22.8. The van der Waals surface area contributed by atoms with Crippen molar-refractivity contribution in [2.45, 2.75) is 46.1 Å². The van der Waals surface area contributed by atoms with E-state index in [1.54, 1.807) is 43.5 Å². The summed E-state index contributed by atoms with van der Waals surface area (Å²) < 4.78 is 11.1. The minimum Gasteiger partial charge on any atom is -0.497 e. The lowest BCUT2D eigenvalue weighted by atomic mass is 9.75. The van der Waals surface area contributed by atoms with E-state index in [4.69, 9.17) is 9.47 Å². The predicted molar refractivity (Wildman–Crippen MR) is 121 cm³/mol. The molecule has 2 aromatic carbocycles. The third-order valence-corrected chi connectivity index (χ3v) is 6.67. The van der Waals surface area contributed by atoms with Gasteiger partial charge in [0.1, 0.15) is 11.9 Å². The van der Waals surface area contributed by atoms with Crippen LogP contribution < -0.4 is 9.64 Å². The van der Waals surface area contributed by atoms with Gasteiger partial charge in [-0.1, -0.05) is 27.2 Å². The molecule has 2 amide bonds. The van der Waals surface area contributed by atoms with E-state index in [9.17, 15) is 14.4 Å². The summed E-state index contributed by atoms with van der Waals surface area (Å²) in [7, 11) is 1.55. The van der Waals surface area contributed by atoms with Crippen LogP contribution in [0.3, 0.4) is 0 Å². The summed E-state index contributed by atoms with van der Waals surface area (Å²) in [6.45, 7) is 6.51. The van der Waals surface area contributed by atoms with Gasteiger partial charge in [-0.3, -0.25) is 9.59 Å². The summed E-state index contributed by atoms with van der Waals surface area (Å²) in [5.74, 6) is 0.607. The molecule has 0 spiro atoms. The molecule has 32 heavy (non-hydrogen) atoms. The van der Waals surface area contributed by atoms with Crippen molar-refractivity contribution in [3.8, 4) is 5.75 Å². The number of rotatable bonds is 5. The maximum Gasteiger partial charge on any atom is 0.338 e. The molecule has 1 heterocycles. The standard InChI is InChI=1S/C26H29NO5/c1-15(2)20-11-5-16(3)13-23(20)32-26(30)17-6-12-21-22(14-17)25(29)27(24(21)28)18-7-9-19(31-4)10-8-18/h6-10,12,14-16,20,23H,5,11,13H2,1-4H3/t16-,20-,23-/m1/s1. The number of esters is 1. The smallest absolute Gasteiger partial charge is 0.338 e. The van der Waals surface area contributed by atoms with Gasteiger partial charge in [0.15, 0.2) is 0 Å². The SMILES string of the molecule is COc1ccc(N2C(=O)c3ccc(C(=O)O[C@@H]4C[C@H](C)CC[C@@H]4C(C)C)cc3C2=O)cc1. The van der Waals surface area contributed by atoms with Crippen molar-refractivity contribution in [3.63, 3.8) is 0 Å². The number of fused-ring (bicyclic) bond motifs is 1. The zero-order valence-corrected chi connectivity index (χ0v) is 19.0. The maximum atomic E-state index is 13.0. The lowest BCUT2D eigenvalue weighted by Crippen LogP contribution is -2.35. The van der Waals surface area contributed by atoms with E-state index in [0.29, 0.717) is 34.8 Å². The first-order chi connectivity index (χ1) is 15.3. The topological polar surface area (TPSA) is 72.9 Å². The highest BCUT2D eigenvalue weighted by Gasteiger charge is 2.38. The minimum absolute atomic E-state index is 0.132. The van der Waals surface area contributed by atoms with Crippen LogP contribution in [0.25, 0.3) is 0 Å². The fourth-order valence-corrected chi connectivity index (χ4v) is 4.79. The molecule has 4 rings (SSSR count). The van der Waals surface area contributed by atoms with Crippen LogP contribution >= 0.6 is 0 Å². The quantitative estimate of drug-likeness (QED) is 0.482. The second-order valence-electron chi connectivity index (χ2n) is 9.17. The number of imide groups is 1. The van der Waals surface area contributed by atoms with Crippen molar-refractivity contribution in [2.24, 2.45) is 17.8 Å². The third-order valence-electron chi connectivity index (χ3n) is 6.67. The average molecular weight is 436 g/mol. The van der Waals surface area contributed by atoms with Crippen LogP contribution in [0, 0.1) is 17.8 Å². The molecule has 0 N–H and O–H groups in total. The second-order valence-corrected chi connectivity index (χ2v) is 9.17. The van der Waals surface area contributed by atoms with Crippen molar-refractivity contribution in [1.29, 1.82) is 0 Å². The van der Waals surface area contributed by atoms with Crippen molar-refractivity contribution in [2.75, 3.05) is 12.0 Å². The van der Waals surface area contributed by atoms with E-state index >= 15 is 0 Å². The van der Waals surface area contributed by atoms with E-state index in [1.807, 2.05) is 0 Å². The Bertz CT molecular complexity index is 1040. The minimum atomic E-state index is -0.448. The van der Waals surface area contributed by atoms with E-state index in [2.05, 4.69) is 20.8 Å². The van der Waals surface area contributed by atoms with Crippen LogP contribution in [0.15, 0.2) is 42.5 Å².